The van der Waals surface area contributed by atoms with Crippen LogP contribution in [-0.4, -0.2) is 100 Å². The number of likely N-dealkylation sites (tertiary alicyclic amines) is 1. The molecular formula is C18H13B5F2N6O2. The normalized spacial score (nSPS) is 14.8. The van der Waals surface area contributed by atoms with E-state index in [-0.39, 0.29) is 35.8 Å². The number of halogens is 2. The van der Waals surface area contributed by atoms with Crippen LogP contribution in [0.5, 0.6) is 0 Å². The number of alkyl halides is 1. The third-order valence-corrected chi connectivity index (χ3v) is 4.92. The van der Waals surface area contributed by atoms with Crippen molar-refractivity contribution in [1.29, 1.82) is 0 Å². The maximum atomic E-state index is 14.6. The number of anilines is 2. The number of urea groups is 1. The van der Waals surface area contributed by atoms with Crippen molar-refractivity contribution in [3.05, 3.63) is 42.5 Å². The molecule has 0 saturated carbocycles. The SMILES string of the molecule is [B]C([B])([B])N(c1cnc2nn(-c3cc(NC(=O)N4CC(F)C4)ccc3F)cc2c1)C([B])([B])O. The summed E-state index contributed by atoms with van der Waals surface area (Å²) in [4.78, 5) is 18.3. The minimum Gasteiger partial charge on any atom is -0.390 e. The monoisotopic (exact) mass is 438 g/mol. The quantitative estimate of drug-likeness (QED) is 0.420. The number of fused-ring (bicyclic) bond motifs is 1. The molecule has 8 nitrogen and oxygen atoms in total. The smallest absolute Gasteiger partial charge is 0.322 e. The standard InChI is InChI=1S/C18H13B5F2N6O2/c19-17(20,21)31(18(22,23)33)12-3-9-6-30(28-15(9)26-5-12)14-4-11(1-2-13(14)25)27-16(32)29-7-10(24)8-29/h1-6,10,33H,7-8H2,(H,27,32). The van der Waals surface area contributed by atoms with Crippen LogP contribution in [0.4, 0.5) is 25.0 Å². The molecule has 15 heteroatoms. The van der Waals surface area contributed by atoms with Gasteiger partial charge in [-0.05, 0) is 24.3 Å². The Morgan fingerprint density at radius 3 is 2.52 bits per heavy atom. The van der Waals surface area contributed by atoms with Gasteiger partial charge in [-0.1, -0.05) is 5.24 Å². The lowest BCUT2D eigenvalue weighted by molar-refractivity contribution is 0.0974. The molecule has 0 aliphatic carbocycles. The predicted octanol–water partition coefficient (Wildman–Crippen LogP) is -0.391. The van der Waals surface area contributed by atoms with E-state index in [2.05, 4.69) is 15.4 Å². The van der Waals surface area contributed by atoms with Gasteiger partial charge in [0.1, 0.15) is 33.4 Å². The first kappa shape index (κ1) is 23.2. The fourth-order valence-corrected chi connectivity index (χ4v) is 3.45. The summed E-state index contributed by atoms with van der Waals surface area (Å²) < 4.78 is 28.7. The molecule has 10 radical (unpaired) electrons. The van der Waals surface area contributed by atoms with E-state index in [1.54, 1.807) is 0 Å². The highest BCUT2D eigenvalue weighted by Crippen LogP contribution is 2.28. The van der Waals surface area contributed by atoms with Gasteiger partial charge in [-0.3, -0.25) is 0 Å². The Labute approximate surface area is 194 Å². The Balaban J connectivity index is 1.66. The van der Waals surface area contributed by atoms with Crippen LogP contribution in [0.25, 0.3) is 16.7 Å². The third kappa shape index (κ3) is 4.73. The second kappa shape index (κ2) is 8.12. The van der Waals surface area contributed by atoms with E-state index in [0.717, 1.165) is 11.0 Å². The van der Waals surface area contributed by atoms with Crippen molar-refractivity contribution in [3.63, 3.8) is 0 Å². The van der Waals surface area contributed by atoms with Crippen molar-refractivity contribution in [3.8, 4) is 5.69 Å². The summed E-state index contributed by atoms with van der Waals surface area (Å²) in [7, 11) is 28.0. The lowest BCUT2D eigenvalue weighted by Crippen LogP contribution is -2.64. The van der Waals surface area contributed by atoms with Crippen LogP contribution in [-0.2, 0) is 0 Å². The minimum absolute atomic E-state index is 0.00582. The molecule has 0 spiro atoms. The lowest BCUT2D eigenvalue weighted by Gasteiger charge is -2.48. The van der Waals surface area contributed by atoms with Gasteiger partial charge in [0.25, 0.3) is 0 Å². The fourth-order valence-electron chi connectivity index (χ4n) is 3.45. The van der Waals surface area contributed by atoms with E-state index in [4.69, 9.17) is 39.2 Å². The van der Waals surface area contributed by atoms with Crippen LogP contribution >= 0.6 is 0 Å². The first-order valence-corrected chi connectivity index (χ1v) is 9.65. The first-order valence-electron chi connectivity index (χ1n) is 9.65. The zero-order valence-corrected chi connectivity index (χ0v) is 17.2. The molecule has 3 aromatic rings. The molecule has 156 valence electrons. The second-order valence-corrected chi connectivity index (χ2v) is 7.78. The number of carbonyl (C=O) groups is 1. The van der Waals surface area contributed by atoms with E-state index in [1.165, 1.54) is 40.2 Å². The summed E-state index contributed by atoms with van der Waals surface area (Å²) >= 11 is 0. The summed E-state index contributed by atoms with van der Waals surface area (Å²) in [5.74, 6) is -0.626. The molecule has 33 heavy (non-hydrogen) atoms. The molecule has 0 bridgehead atoms. The fraction of sp³-hybridized carbons (Fsp3) is 0.278. The van der Waals surface area contributed by atoms with Gasteiger partial charge < -0.3 is 20.2 Å². The number of benzene rings is 1. The summed E-state index contributed by atoms with van der Waals surface area (Å²) in [6.07, 6.45) is 1.63. The van der Waals surface area contributed by atoms with E-state index >= 15 is 0 Å². The molecule has 0 atom stereocenters. The number of aliphatic hydroxyl groups is 1. The third-order valence-electron chi connectivity index (χ3n) is 4.92. The molecule has 2 aromatic heterocycles. The highest BCUT2D eigenvalue weighted by atomic mass is 19.1. The molecule has 1 aliphatic rings. The Bertz CT molecular complexity index is 1200. The number of hydrogen-bond acceptors (Lipinski definition) is 5. The molecular weight excluding hydrogens is 424 g/mol. The predicted molar refractivity (Wildman–Crippen MR) is 123 cm³/mol. The molecule has 2 amide bonds. The van der Waals surface area contributed by atoms with Crippen molar-refractivity contribution in [2.45, 2.75) is 16.9 Å². The molecule has 3 heterocycles. The molecule has 0 unspecified atom stereocenters. The Morgan fingerprint density at radius 2 is 1.91 bits per heavy atom. The van der Waals surface area contributed by atoms with Gasteiger partial charge in [-0.15, -0.1) is 5.10 Å². The number of nitrogens with one attached hydrogen (secondary N) is 1. The van der Waals surface area contributed by atoms with E-state index < -0.39 is 28.8 Å². The van der Waals surface area contributed by atoms with E-state index in [9.17, 15) is 18.7 Å². The topological polar surface area (TPSA) is 86.5 Å². The number of hydrogen-bond donors (Lipinski definition) is 2. The number of nitrogens with zero attached hydrogens (tertiary/aromatic N) is 5. The van der Waals surface area contributed by atoms with Gasteiger partial charge in [0, 0.05) is 22.8 Å². The van der Waals surface area contributed by atoms with Gasteiger partial charge in [0.15, 0.2) is 5.65 Å². The molecule has 1 saturated heterocycles. The van der Waals surface area contributed by atoms with Crippen LogP contribution in [0.15, 0.2) is 36.7 Å². The van der Waals surface area contributed by atoms with Crippen molar-refractivity contribution in [1.82, 2.24) is 19.7 Å². The molecule has 2 N–H and O–H groups in total. The van der Waals surface area contributed by atoms with Crippen LogP contribution in [0, 0.1) is 5.82 Å². The number of aromatic nitrogens is 3. The minimum atomic E-state index is -2.51. The highest BCUT2D eigenvalue weighted by molar-refractivity contribution is 6.62. The summed E-state index contributed by atoms with van der Waals surface area (Å²) in [6.45, 7) is 0.0116. The average Bonchev–Trinajstić information content (AvgIpc) is 3.07. The zero-order valence-electron chi connectivity index (χ0n) is 17.2. The number of carbonyl (C=O) groups excluding carboxylic acids is 1. The van der Waals surface area contributed by atoms with Crippen LogP contribution in [0.3, 0.4) is 0 Å². The highest BCUT2D eigenvalue weighted by Gasteiger charge is 2.32. The Morgan fingerprint density at radius 1 is 1.21 bits per heavy atom. The number of pyridine rings is 1. The molecule has 1 aromatic carbocycles. The molecule has 1 fully saturated rings. The molecule has 4 rings (SSSR count). The Hall–Kier alpha value is -2.95. The van der Waals surface area contributed by atoms with E-state index in [0.29, 0.717) is 5.39 Å². The summed E-state index contributed by atoms with van der Waals surface area (Å²) in [5.41, 5.74) is -1.94. The van der Waals surface area contributed by atoms with Crippen molar-refractivity contribution in [2.75, 3.05) is 23.3 Å². The van der Waals surface area contributed by atoms with Gasteiger partial charge in [-0.2, -0.15) is 0 Å². The maximum absolute atomic E-state index is 14.6. The van der Waals surface area contributed by atoms with Crippen molar-refractivity contribution in [2.24, 2.45) is 0 Å². The first-order chi connectivity index (χ1) is 15.3. The van der Waals surface area contributed by atoms with Gasteiger partial charge >= 0.3 is 6.03 Å². The van der Waals surface area contributed by atoms with Crippen molar-refractivity contribution < 1.29 is 18.7 Å². The van der Waals surface area contributed by atoms with Crippen molar-refractivity contribution >= 4 is 67.7 Å². The zero-order chi connectivity index (χ0) is 24.1. The second-order valence-electron chi connectivity index (χ2n) is 7.78. The Kier molecular flexibility index (Phi) is 5.72. The van der Waals surface area contributed by atoms with Crippen LogP contribution in [0.2, 0.25) is 0 Å². The van der Waals surface area contributed by atoms with Gasteiger partial charge in [-0.25, -0.2) is 23.2 Å². The lowest BCUT2D eigenvalue weighted by atomic mass is 9.46. The van der Waals surface area contributed by atoms with Gasteiger partial charge in [0.2, 0.25) is 0 Å². The molecule has 1 aliphatic heterocycles. The van der Waals surface area contributed by atoms with Crippen LogP contribution in [0.1, 0.15) is 0 Å². The number of amides is 2. The van der Waals surface area contributed by atoms with E-state index in [1.807, 2.05) is 0 Å². The largest absolute Gasteiger partial charge is 0.390 e. The summed E-state index contributed by atoms with van der Waals surface area (Å²) in [5, 5.41) is 15.1. The van der Waals surface area contributed by atoms with Gasteiger partial charge in [0.05, 0.1) is 48.5 Å². The average molecular weight is 437 g/mol. The maximum Gasteiger partial charge on any atom is 0.322 e. The van der Waals surface area contributed by atoms with Crippen LogP contribution < -0.4 is 10.2 Å². The number of rotatable bonds is 5. The summed E-state index contributed by atoms with van der Waals surface area (Å²) in [6, 6.07) is 4.83.